The molecule has 1 atom stereocenters. The second kappa shape index (κ2) is 5.26. The van der Waals surface area contributed by atoms with Crippen LogP contribution in [0.2, 0.25) is 0 Å². The Bertz CT molecular complexity index is 635. The van der Waals surface area contributed by atoms with Crippen molar-refractivity contribution in [3.8, 4) is 0 Å². The van der Waals surface area contributed by atoms with Crippen molar-refractivity contribution in [1.82, 2.24) is 4.90 Å². The van der Waals surface area contributed by atoms with Crippen molar-refractivity contribution in [3.63, 3.8) is 0 Å². The molecule has 0 saturated carbocycles. The van der Waals surface area contributed by atoms with Crippen molar-refractivity contribution in [2.45, 2.75) is 13.0 Å². The summed E-state index contributed by atoms with van der Waals surface area (Å²) in [6.07, 6.45) is 0. The van der Waals surface area contributed by atoms with Crippen molar-refractivity contribution >= 4 is 16.9 Å². The molecule has 1 aromatic heterocycles. The summed E-state index contributed by atoms with van der Waals surface area (Å²) in [6, 6.07) is 7.59. The summed E-state index contributed by atoms with van der Waals surface area (Å²) in [5.74, 6) is 0.253. The number of fused-ring (bicyclic) bond motifs is 1. The number of ether oxygens (including phenoxy) is 1. The molecule has 2 aromatic rings. The molecule has 1 aliphatic heterocycles. The average molecular weight is 274 g/mol. The Morgan fingerprint density at radius 3 is 3.10 bits per heavy atom. The van der Waals surface area contributed by atoms with Gasteiger partial charge in [-0.1, -0.05) is 11.6 Å². The monoisotopic (exact) mass is 274 g/mol. The molecule has 0 spiro atoms. The van der Waals surface area contributed by atoms with Crippen molar-refractivity contribution in [1.29, 1.82) is 0 Å². The summed E-state index contributed by atoms with van der Waals surface area (Å²) in [4.78, 5) is 14.3. The van der Waals surface area contributed by atoms with E-state index in [-0.39, 0.29) is 11.9 Å². The van der Waals surface area contributed by atoms with E-state index in [9.17, 15) is 4.79 Å². The Hall–Kier alpha value is -1.85. The van der Waals surface area contributed by atoms with Gasteiger partial charge in [0, 0.05) is 18.5 Å². The van der Waals surface area contributed by atoms with Crippen LogP contribution in [-0.2, 0) is 4.74 Å². The molecule has 2 heterocycles. The van der Waals surface area contributed by atoms with E-state index in [4.69, 9.17) is 14.9 Å². The molecule has 1 saturated heterocycles. The third-order valence-electron chi connectivity index (χ3n) is 3.64. The van der Waals surface area contributed by atoms with E-state index in [1.165, 1.54) is 0 Å². The van der Waals surface area contributed by atoms with E-state index in [0.29, 0.717) is 32.1 Å². The van der Waals surface area contributed by atoms with Crippen LogP contribution < -0.4 is 5.73 Å². The van der Waals surface area contributed by atoms with Crippen LogP contribution in [0.3, 0.4) is 0 Å². The van der Waals surface area contributed by atoms with Crippen molar-refractivity contribution in [3.05, 3.63) is 35.6 Å². The maximum atomic E-state index is 12.5. The van der Waals surface area contributed by atoms with Crippen molar-refractivity contribution in [2.24, 2.45) is 5.73 Å². The van der Waals surface area contributed by atoms with Gasteiger partial charge in [-0.15, -0.1) is 0 Å². The van der Waals surface area contributed by atoms with Crippen LogP contribution in [0.25, 0.3) is 11.0 Å². The van der Waals surface area contributed by atoms with Crippen LogP contribution in [0.15, 0.2) is 28.7 Å². The second-order valence-electron chi connectivity index (χ2n) is 5.11. The highest BCUT2D eigenvalue weighted by Crippen LogP contribution is 2.22. The van der Waals surface area contributed by atoms with Crippen molar-refractivity contribution in [2.75, 3.05) is 26.3 Å². The molecule has 106 valence electrons. The SMILES string of the molecule is Cc1ccc2oc(C(=O)N3CCOCC3CN)cc2c1. The number of hydrogen-bond acceptors (Lipinski definition) is 4. The Balaban J connectivity index is 1.91. The molecule has 5 heteroatoms. The first-order valence-corrected chi connectivity index (χ1v) is 6.78. The Morgan fingerprint density at radius 2 is 2.30 bits per heavy atom. The summed E-state index contributed by atoms with van der Waals surface area (Å²) in [6.45, 7) is 3.99. The molecule has 1 fully saturated rings. The fourth-order valence-electron chi connectivity index (χ4n) is 2.53. The van der Waals surface area contributed by atoms with Gasteiger partial charge in [-0.05, 0) is 25.1 Å². The summed E-state index contributed by atoms with van der Waals surface area (Å²) < 4.78 is 11.0. The van der Waals surface area contributed by atoms with Gasteiger partial charge in [0.1, 0.15) is 5.58 Å². The van der Waals surface area contributed by atoms with Crippen LogP contribution in [0, 0.1) is 6.92 Å². The largest absolute Gasteiger partial charge is 0.451 e. The molecule has 3 rings (SSSR count). The standard InChI is InChI=1S/C15H18N2O3/c1-10-2-3-13-11(6-10)7-14(20-13)15(18)17-4-5-19-9-12(17)8-16/h2-3,6-7,12H,4-5,8-9,16H2,1H3. The minimum atomic E-state index is -0.113. The average Bonchev–Trinajstić information content (AvgIpc) is 2.89. The smallest absolute Gasteiger partial charge is 0.290 e. The van der Waals surface area contributed by atoms with Crippen LogP contribution in [-0.4, -0.2) is 43.2 Å². The highest BCUT2D eigenvalue weighted by molar-refractivity contribution is 5.96. The third-order valence-corrected chi connectivity index (χ3v) is 3.64. The topological polar surface area (TPSA) is 68.7 Å². The highest BCUT2D eigenvalue weighted by atomic mass is 16.5. The first-order chi connectivity index (χ1) is 9.69. The highest BCUT2D eigenvalue weighted by Gasteiger charge is 2.29. The van der Waals surface area contributed by atoms with Crippen molar-refractivity contribution < 1.29 is 13.9 Å². The van der Waals surface area contributed by atoms with Gasteiger partial charge in [0.25, 0.3) is 5.91 Å². The summed E-state index contributed by atoms with van der Waals surface area (Å²) in [7, 11) is 0. The Morgan fingerprint density at radius 1 is 1.45 bits per heavy atom. The summed E-state index contributed by atoms with van der Waals surface area (Å²) >= 11 is 0. The lowest BCUT2D eigenvalue weighted by molar-refractivity contribution is -0.000638. The van der Waals surface area contributed by atoms with Gasteiger partial charge >= 0.3 is 0 Å². The molecular weight excluding hydrogens is 256 g/mol. The number of carbonyl (C=O) groups is 1. The molecule has 1 unspecified atom stereocenters. The minimum Gasteiger partial charge on any atom is -0.451 e. The van der Waals surface area contributed by atoms with Gasteiger partial charge in [-0.2, -0.15) is 0 Å². The number of furan rings is 1. The van der Waals surface area contributed by atoms with Crippen LogP contribution in [0.5, 0.6) is 0 Å². The first kappa shape index (κ1) is 13.1. The zero-order valence-electron chi connectivity index (χ0n) is 11.5. The van der Waals surface area contributed by atoms with Gasteiger partial charge in [-0.3, -0.25) is 4.79 Å². The van der Waals surface area contributed by atoms with Gasteiger partial charge in [0.2, 0.25) is 0 Å². The van der Waals surface area contributed by atoms with E-state index >= 15 is 0 Å². The quantitative estimate of drug-likeness (QED) is 0.902. The molecule has 1 amide bonds. The molecule has 1 aliphatic rings. The maximum Gasteiger partial charge on any atom is 0.290 e. The molecule has 20 heavy (non-hydrogen) atoms. The van der Waals surface area contributed by atoms with Gasteiger partial charge < -0.3 is 19.8 Å². The number of amides is 1. The van der Waals surface area contributed by atoms with E-state index in [1.807, 2.05) is 25.1 Å². The molecule has 0 aliphatic carbocycles. The van der Waals surface area contributed by atoms with Crippen LogP contribution in [0.1, 0.15) is 16.1 Å². The fourth-order valence-corrected chi connectivity index (χ4v) is 2.53. The maximum absolute atomic E-state index is 12.5. The Kier molecular flexibility index (Phi) is 3.46. The molecule has 5 nitrogen and oxygen atoms in total. The molecule has 0 bridgehead atoms. The molecule has 2 N–H and O–H groups in total. The van der Waals surface area contributed by atoms with Crippen LogP contribution >= 0.6 is 0 Å². The number of hydrogen-bond donors (Lipinski definition) is 1. The van der Waals surface area contributed by atoms with Crippen LogP contribution in [0.4, 0.5) is 0 Å². The molecule has 0 radical (unpaired) electrons. The van der Waals surface area contributed by atoms with E-state index in [0.717, 1.165) is 16.5 Å². The molecular formula is C15H18N2O3. The number of nitrogens with zero attached hydrogens (tertiary/aromatic N) is 1. The van der Waals surface area contributed by atoms with Gasteiger partial charge in [0.05, 0.1) is 19.3 Å². The predicted octanol–water partition coefficient (Wildman–Crippen LogP) is 1.54. The fraction of sp³-hybridized carbons (Fsp3) is 0.400. The number of carbonyl (C=O) groups excluding carboxylic acids is 1. The normalized spacial score (nSPS) is 19.5. The third kappa shape index (κ3) is 2.30. The summed E-state index contributed by atoms with van der Waals surface area (Å²) in [5.41, 5.74) is 7.58. The van der Waals surface area contributed by atoms with E-state index < -0.39 is 0 Å². The zero-order chi connectivity index (χ0) is 14.1. The number of aryl methyl sites for hydroxylation is 1. The number of benzene rings is 1. The van der Waals surface area contributed by atoms with Gasteiger partial charge in [-0.25, -0.2) is 0 Å². The second-order valence-corrected chi connectivity index (χ2v) is 5.11. The Labute approximate surface area is 117 Å². The van der Waals surface area contributed by atoms with E-state index in [2.05, 4.69) is 0 Å². The zero-order valence-corrected chi connectivity index (χ0v) is 11.5. The first-order valence-electron chi connectivity index (χ1n) is 6.78. The van der Waals surface area contributed by atoms with E-state index in [1.54, 1.807) is 11.0 Å². The summed E-state index contributed by atoms with van der Waals surface area (Å²) in [5, 5.41) is 0.950. The molecule has 1 aromatic carbocycles. The van der Waals surface area contributed by atoms with Gasteiger partial charge in [0.15, 0.2) is 5.76 Å². The lowest BCUT2D eigenvalue weighted by Gasteiger charge is -2.34. The lowest BCUT2D eigenvalue weighted by Crippen LogP contribution is -2.51. The minimum absolute atomic E-state index is 0.0776. The number of morpholine rings is 1. The lowest BCUT2D eigenvalue weighted by atomic mass is 10.1. The number of nitrogens with two attached hydrogens (primary N) is 1. The number of rotatable bonds is 2. The predicted molar refractivity (Wildman–Crippen MR) is 75.6 cm³/mol.